The van der Waals surface area contributed by atoms with Crippen molar-refractivity contribution in [3.05, 3.63) is 47.2 Å². The quantitative estimate of drug-likeness (QED) is 0.821. The van der Waals surface area contributed by atoms with Gasteiger partial charge in [-0.05, 0) is 43.0 Å². The Morgan fingerprint density at radius 2 is 2.00 bits per heavy atom. The van der Waals surface area contributed by atoms with Gasteiger partial charge >= 0.3 is 0 Å². The monoisotopic (exact) mass is 321 g/mol. The van der Waals surface area contributed by atoms with E-state index in [0.717, 1.165) is 35.8 Å². The van der Waals surface area contributed by atoms with E-state index in [9.17, 15) is 5.11 Å². The summed E-state index contributed by atoms with van der Waals surface area (Å²) in [4.78, 5) is 0. The van der Waals surface area contributed by atoms with Crippen molar-refractivity contribution in [2.24, 2.45) is 5.41 Å². The van der Waals surface area contributed by atoms with E-state index in [0.29, 0.717) is 0 Å². The molecule has 0 saturated carbocycles. The van der Waals surface area contributed by atoms with Crippen LogP contribution in [0.2, 0.25) is 5.02 Å². The van der Waals surface area contributed by atoms with Gasteiger partial charge in [0, 0.05) is 29.9 Å². The van der Waals surface area contributed by atoms with Gasteiger partial charge in [0.1, 0.15) is 0 Å². The Labute approximate surface area is 137 Å². The number of hydrogen-bond donors (Lipinski definition) is 2. The van der Waals surface area contributed by atoms with Gasteiger partial charge in [0.05, 0.1) is 18.0 Å². The highest BCUT2D eigenvalue weighted by molar-refractivity contribution is 6.30. The summed E-state index contributed by atoms with van der Waals surface area (Å²) in [6.07, 6.45) is 4.38. The standard InChI is InChI=1S/C17H24ClN3O/c1-13(22)8-17(2,3)12-19-9-14-10-20-21(11-14)16-6-4-15(18)5-7-16/h4-7,10-11,13,19,22H,8-9,12H2,1-3H3. The SMILES string of the molecule is CC(O)CC(C)(C)CNCc1cnn(-c2ccc(Cl)cc2)c1. The Kier molecular flexibility index (Phi) is 5.62. The van der Waals surface area contributed by atoms with E-state index in [1.807, 2.05) is 48.3 Å². The third kappa shape index (κ3) is 5.13. The Morgan fingerprint density at radius 3 is 2.64 bits per heavy atom. The molecule has 0 bridgehead atoms. The second-order valence-electron chi connectivity index (χ2n) is 6.59. The van der Waals surface area contributed by atoms with Gasteiger partial charge in [-0.25, -0.2) is 4.68 Å². The van der Waals surface area contributed by atoms with Gasteiger partial charge in [-0.15, -0.1) is 0 Å². The molecule has 2 rings (SSSR count). The fourth-order valence-corrected chi connectivity index (χ4v) is 2.73. The molecular weight excluding hydrogens is 298 g/mol. The molecule has 0 aliphatic heterocycles. The Hall–Kier alpha value is -1.36. The van der Waals surface area contributed by atoms with Crippen molar-refractivity contribution >= 4 is 11.6 Å². The number of rotatable bonds is 7. The summed E-state index contributed by atoms with van der Waals surface area (Å²) in [5, 5.41) is 18.0. The van der Waals surface area contributed by atoms with Crippen molar-refractivity contribution in [1.29, 1.82) is 0 Å². The number of aromatic nitrogens is 2. The van der Waals surface area contributed by atoms with Gasteiger partial charge in [-0.1, -0.05) is 25.4 Å². The molecule has 1 unspecified atom stereocenters. The topological polar surface area (TPSA) is 50.1 Å². The summed E-state index contributed by atoms with van der Waals surface area (Å²) >= 11 is 5.89. The zero-order chi connectivity index (χ0) is 16.2. The average molecular weight is 322 g/mol. The first-order chi connectivity index (χ1) is 10.4. The number of benzene rings is 1. The summed E-state index contributed by atoms with van der Waals surface area (Å²) in [6.45, 7) is 7.76. The second kappa shape index (κ2) is 7.27. The van der Waals surface area contributed by atoms with Crippen LogP contribution in [0.3, 0.4) is 0 Å². The predicted octanol–water partition coefficient (Wildman–Crippen LogP) is 3.41. The molecule has 0 aliphatic carbocycles. The number of hydrogen-bond acceptors (Lipinski definition) is 3. The number of halogens is 1. The number of aliphatic hydroxyl groups is 1. The summed E-state index contributed by atoms with van der Waals surface area (Å²) in [5.74, 6) is 0. The van der Waals surface area contributed by atoms with Crippen molar-refractivity contribution in [2.45, 2.75) is 39.8 Å². The van der Waals surface area contributed by atoms with Crippen LogP contribution in [-0.2, 0) is 6.54 Å². The molecule has 120 valence electrons. The Balaban J connectivity index is 1.89. The fourth-order valence-electron chi connectivity index (χ4n) is 2.60. The number of nitrogens with zero attached hydrogens (tertiary/aromatic N) is 2. The average Bonchev–Trinajstić information content (AvgIpc) is 2.86. The lowest BCUT2D eigenvalue weighted by Crippen LogP contribution is -2.31. The van der Waals surface area contributed by atoms with E-state index in [1.165, 1.54) is 0 Å². The minimum Gasteiger partial charge on any atom is -0.393 e. The van der Waals surface area contributed by atoms with Crippen molar-refractivity contribution in [3.8, 4) is 5.69 Å². The minimum atomic E-state index is -0.274. The molecule has 2 N–H and O–H groups in total. The molecule has 4 nitrogen and oxygen atoms in total. The zero-order valence-corrected chi connectivity index (χ0v) is 14.1. The van der Waals surface area contributed by atoms with Crippen LogP contribution in [0.5, 0.6) is 0 Å². The molecule has 1 aromatic carbocycles. The van der Waals surface area contributed by atoms with Gasteiger partial charge < -0.3 is 10.4 Å². The van der Waals surface area contributed by atoms with Gasteiger partial charge in [-0.2, -0.15) is 5.10 Å². The van der Waals surface area contributed by atoms with Gasteiger partial charge in [0.2, 0.25) is 0 Å². The van der Waals surface area contributed by atoms with E-state index in [2.05, 4.69) is 24.3 Å². The molecule has 0 fully saturated rings. The van der Waals surface area contributed by atoms with E-state index < -0.39 is 0 Å². The Morgan fingerprint density at radius 1 is 1.32 bits per heavy atom. The third-order valence-electron chi connectivity index (χ3n) is 3.51. The van der Waals surface area contributed by atoms with Crippen LogP contribution in [0.15, 0.2) is 36.7 Å². The van der Waals surface area contributed by atoms with Crippen LogP contribution in [0.1, 0.15) is 32.8 Å². The highest BCUT2D eigenvalue weighted by Crippen LogP contribution is 2.21. The van der Waals surface area contributed by atoms with Gasteiger partial charge in [0.15, 0.2) is 0 Å². The largest absolute Gasteiger partial charge is 0.393 e. The molecule has 1 aromatic heterocycles. The van der Waals surface area contributed by atoms with Gasteiger partial charge in [-0.3, -0.25) is 0 Å². The first-order valence-electron chi connectivity index (χ1n) is 7.54. The highest BCUT2D eigenvalue weighted by Gasteiger charge is 2.19. The summed E-state index contributed by atoms with van der Waals surface area (Å²) in [7, 11) is 0. The highest BCUT2D eigenvalue weighted by atomic mass is 35.5. The summed E-state index contributed by atoms with van der Waals surface area (Å²) < 4.78 is 1.84. The number of nitrogens with one attached hydrogen (secondary N) is 1. The minimum absolute atomic E-state index is 0.0698. The van der Waals surface area contributed by atoms with E-state index in [4.69, 9.17) is 11.6 Å². The summed E-state index contributed by atoms with van der Waals surface area (Å²) in [5.41, 5.74) is 2.19. The van der Waals surface area contributed by atoms with Crippen molar-refractivity contribution in [3.63, 3.8) is 0 Å². The van der Waals surface area contributed by atoms with E-state index in [-0.39, 0.29) is 11.5 Å². The van der Waals surface area contributed by atoms with Crippen molar-refractivity contribution in [2.75, 3.05) is 6.54 Å². The molecule has 0 aliphatic rings. The smallest absolute Gasteiger partial charge is 0.0646 e. The van der Waals surface area contributed by atoms with E-state index >= 15 is 0 Å². The lowest BCUT2D eigenvalue weighted by Gasteiger charge is -2.26. The van der Waals surface area contributed by atoms with Crippen LogP contribution >= 0.6 is 11.6 Å². The molecule has 0 radical (unpaired) electrons. The van der Waals surface area contributed by atoms with Crippen LogP contribution in [-0.4, -0.2) is 27.5 Å². The summed E-state index contributed by atoms with van der Waals surface area (Å²) in [6, 6.07) is 7.60. The maximum atomic E-state index is 9.50. The third-order valence-corrected chi connectivity index (χ3v) is 3.76. The zero-order valence-electron chi connectivity index (χ0n) is 13.4. The van der Waals surface area contributed by atoms with E-state index in [1.54, 1.807) is 0 Å². The van der Waals surface area contributed by atoms with Crippen LogP contribution in [0.4, 0.5) is 0 Å². The molecule has 0 amide bonds. The van der Waals surface area contributed by atoms with Gasteiger partial charge in [0.25, 0.3) is 0 Å². The number of aliphatic hydroxyl groups excluding tert-OH is 1. The first-order valence-corrected chi connectivity index (χ1v) is 7.92. The van der Waals surface area contributed by atoms with Crippen LogP contribution in [0, 0.1) is 5.41 Å². The molecule has 5 heteroatoms. The maximum Gasteiger partial charge on any atom is 0.0646 e. The normalized spacial score (nSPS) is 13.3. The van der Waals surface area contributed by atoms with Crippen LogP contribution < -0.4 is 5.32 Å². The predicted molar refractivity (Wildman–Crippen MR) is 90.4 cm³/mol. The molecule has 22 heavy (non-hydrogen) atoms. The molecule has 0 spiro atoms. The molecular formula is C17H24ClN3O. The van der Waals surface area contributed by atoms with Crippen molar-refractivity contribution in [1.82, 2.24) is 15.1 Å². The first kappa shape index (κ1) is 17.0. The maximum absolute atomic E-state index is 9.50. The molecule has 1 heterocycles. The Bertz CT molecular complexity index is 590. The molecule has 1 atom stereocenters. The molecule has 0 saturated heterocycles. The second-order valence-corrected chi connectivity index (χ2v) is 7.03. The fraction of sp³-hybridized carbons (Fsp3) is 0.471. The van der Waals surface area contributed by atoms with Crippen LogP contribution in [0.25, 0.3) is 5.69 Å². The lowest BCUT2D eigenvalue weighted by atomic mass is 9.87. The molecule has 2 aromatic rings. The lowest BCUT2D eigenvalue weighted by molar-refractivity contribution is 0.128. The van der Waals surface area contributed by atoms with Crippen molar-refractivity contribution < 1.29 is 5.11 Å².